The third-order valence-electron chi connectivity index (χ3n) is 1.90. The molecule has 1 heterocycles. The molecule has 0 atom stereocenters. The Morgan fingerprint density at radius 2 is 1.93 bits per heavy atom. The minimum absolute atomic E-state index is 0.309. The molecule has 0 amide bonds. The monoisotopic (exact) mass is 193 g/mol. The number of oxazole rings is 1. The van der Waals surface area contributed by atoms with Crippen LogP contribution in [0, 0.1) is 0 Å². The van der Waals surface area contributed by atoms with Crippen LogP contribution in [0.4, 0.5) is 0 Å². The van der Waals surface area contributed by atoms with Crippen LogP contribution in [0.1, 0.15) is 31.7 Å². The van der Waals surface area contributed by atoms with E-state index in [4.69, 9.17) is 4.42 Å². The molecule has 3 heteroatoms. The van der Waals surface area contributed by atoms with Gasteiger partial charge in [0.15, 0.2) is 5.76 Å². The van der Waals surface area contributed by atoms with Crippen molar-refractivity contribution >= 4 is 12.2 Å². The van der Waals surface area contributed by atoms with Gasteiger partial charge >= 0.3 is 5.76 Å². The Morgan fingerprint density at radius 1 is 1.29 bits per heavy atom. The Morgan fingerprint density at radius 3 is 2.64 bits per heavy atom. The highest BCUT2D eigenvalue weighted by atomic mass is 16.4. The van der Waals surface area contributed by atoms with Gasteiger partial charge in [0.2, 0.25) is 0 Å². The Balaban J connectivity index is 0.000000461. The molecule has 2 rings (SSSR count). The fourth-order valence-corrected chi connectivity index (χ4v) is 1.23. The maximum absolute atomic E-state index is 11.0. The molecule has 0 aliphatic heterocycles. The first-order chi connectivity index (χ1) is 6.79. The minimum Gasteiger partial charge on any atom is -0.408 e. The summed E-state index contributed by atoms with van der Waals surface area (Å²) >= 11 is 0. The first kappa shape index (κ1) is 10.6. The molecule has 0 fully saturated rings. The van der Waals surface area contributed by atoms with E-state index in [2.05, 4.69) is 0 Å². The van der Waals surface area contributed by atoms with Crippen molar-refractivity contribution in [2.75, 3.05) is 0 Å². The van der Waals surface area contributed by atoms with Crippen molar-refractivity contribution in [2.45, 2.75) is 20.3 Å². The molecule has 0 radical (unpaired) electrons. The van der Waals surface area contributed by atoms with Gasteiger partial charge in [-0.05, 0) is 18.6 Å². The molecular weight excluding hydrogens is 178 g/mol. The highest BCUT2D eigenvalue weighted by molar-refractivity contribution is 5.60. The van der Waals surface area contributed by atoms with E-state index >= 15 is 0 Å². The van der Waals surface area contributed by atoms with Gasteiger partial charge in [0.25, 0.3) is 0 Å². The highest BCUT2D eigenvalue weighted by Crippen LogP contribution is 2.14. The average molecular weight is 193 g/mol. The molecule has 1 aliphatic carbocycles. The van der Waals surface area contributed by atoms with E-state index in [1.807, 2.05) is 38.2 Å². The van der Waals surface area contributed by atoms with Crippen LogP contribution >= 0.6 is 0 Å². The van der Waals surface area contributed by atoms with Crippen molar-refractivity contribution in [1.82, 2.24) is 4.57 Å². The molecule has 1 aromatic rings. The number of hydrogen-bond donors (Lipinski definition) is 0. The van der Waals surface area contributed by atoms with E-state index < -0.39 is 0 Å². The maximum atomic E-state index is 11.0. The van der Waals surface area contributed by atoms with E-state index in [9.17, 15) is 4.79 Å². The first-order valence-corrected chi connectivity index (χ1v) is 4.82. The van der Waals surface area contributed by atoms with Gasteiger partial charge in [-0.3, -0.25) is 4.57 Å². The van der Waals surface area contributed by atoms with Crippen LogP contribution in [-0.2, 0) is 7.05 Å². The second-order valence-electron chi connectivity index (χ2n) is 2.72. The molecule has 0 N–H and O–H groups in total. The molecule has 3 nitrogen and oxygen atoms in total. The van der Waals surface area contributed by atoms with Crippen LogP contribution in [0.2, 0.25) is 0 Å². The number of fused-ring (bicyclic) bond motifs is 1. The molecule has 0 bridgehead atoms. The summed E-state index contributed by atoms with van der Waals surface area (Å²) in [6.45, 7) is 4.00. The van der Waals surface area contributed by atoms with Crippen molar-refractivity contribution in [1.29, 1.82) is 0 Å². The lowest BCUT2D eigenvalue weighted by molar-refractivity contribution is 0.487. The summed E-state index contributed by atoms with van der Waals surface area (Å²) in [4.78, 5) is 11.0. The fourth-order valence-electron chi connectivity index (χ4n) is 1.23. The molecular formula is C11H15NO2. The number of allylic oxidation sites excluding steroid dienone is 2. The van der Waals surface area contributed by atoms with Gasteiger partial charge in [0.1, 0.15) is 0 Å². The van der Waals surface area contributed by atoms with Gasteiger partial charge in [0.05, 0.1) is 5.69 Å². The molecule has 0 saturated carbocycles. The molecule has 14 heavy (non-hydrogen) atoms. The Hall–Kier alpha value is -1.51. The van der Waals surface area contributed by atoms with Gasteiger partial charge < -0.3 is 4.42 Å². The maximum Gasteiger partial charge on any atom is 0.419 e. The summed E-state index contributed by atoms with van der Waals surface area (Å²) < 4.78 is 6.49. The second-order valence-corrected chi connectivity index (χ2v) is 2.72. The largest absolute Gasteiger partial charge is 0.419 e. The Bertz CT molecular complexity index is 407. The van der Waals surface area contributed by atoms with Gasteiger partial charge in [0, 0.05) is 7.05 Å². The van der Waals surface area contributed by atoms with Crippen LogP contribution in [0.5, 0.6) is 0 Å². The van der Waals surface area contributed by atoms with Crippen LogP contribution in [0.25, 0.3) is 12.2 Å². The summed E-state index contributed by atoms with van der Waals surface area (Å²) in [6, 6.07) is 0. The summed E-state index contributed by atoms with van der Waals surface area (Å²) in [7, 11) is 1.70. The van der Waals surface area contributed by atoms with Crippen LogP contribution in [0.3, 0.4) is 0 Å². The van der Waals surface area contributed by atoms with Gasteiger partial charge in [-0.2, -0.15) is 0 Å². The molecule has 0 saturated heterocycles. The van der Waals surface area contributed by atoms with E-state index in [1.54, 1.807) is 7.05 Å². The SMILES string of the molecule is CC.Cn1c2c(oc1=O)C=CCC=C2. The van der Waals surface area contributed by atoms with Crippen molar-refractivity contribution in [2.24, 2.45) is 7.05 Å². The summed E-state index contributed by atoms with van der Waals surface area (Å²) in [5, 5.41) is 0. The third-order valence-corrected chi connectivity index (χ3v) is 1.90. The number of hydrogen-bond acceptors (Lipinski definition) is 2. The number of nitrogens with zero attached hydrogens (tertiary/aromatic N) is 1. The molecule has 76 valence electrons. The molecule has 0 aromatic carbocycles. The standard InChI is InChI=1S/C9H9NO2.C2H6/c1-10-7-5-3-2-4-6-8(7)12-9(10)11;1-2/h3-6H,2H2,1H3;1-2H3. The average Bonchev–Trinajstić information content (AvgIpc) is 2.44. The van der Waals surface area contributed by atoms with Gasteiger partial charge in [-0.25, -0.2) is 4.79 Å². The lowest BCUT2D eigenvalue weighted by Crippen LogP contribution is -2.10. The lowest BCUT2D eigenvalue weighted by Gasteiger charge is -1.90. The van der Waals surface area contributed by atoms with Gasteiger partial charge in [-0.15, -0.1) is 0 Å². The minimum atomic E-state index is -0.309. The normalized spacial score (nSPS) is 12.8. The number of rotatable bonds is 0. The lowest BCUT2D eigenvalue weighted by atomic mass is 10.3. The van der Waals surface area contributed by atoms with Crippen molar-refractivity contribution < 1.29 is 4.42 Å². The molecule has 1 aliphatic rings. The third kappa shape index (κ3) is 1.87. The predicted molar refractivity (Wildman–Crippen MR) is 58.0 cm³/mol. The van der Waals surface area contributed by atoms with Crippen LogP contribution < -0.4 is 5.76 Å². The van der Waals surface area contributed by atoms with Crippen molar-refractivity contribution in [3.8, 4) is 0 Å². The molecule has 0 unspecified atom stereocenters. The van der Waals surface area contributed by atoms with Crippen LogP contribution in [-0.4, -0.2) is 4.57 Å². The molecule has 0 spiro atoms. The summed E-state index contributed by atoms with van der Waals surface area (Å²) in [5.74, 6) is 0.340. The van der Waals surface area contributed by atoms with Crippen LogP contribution in [0.15, 0.2) is 21.4 Å². The van der Waals surface area contributed by atoms with Crippen molar-refractivity contribution in [3.05, 3.63) is 34.2 Å². The van der Waals surface area contributed by atoms with Crippen molar-refractivity contribution in [3.63, 3.8) is 0 Å². The fraction of sp³-hybridized carbons (Fsp3) is 0.364. The van der Waals surface area contributed by atoms with Gasteiger partial charge in [-0.1, -0.05) is 26.0 Å². The molecule has 1 aromatic heterocycles. The predicted octanol–water partition coefficient (Wildman–Crippen LogP) is 2.43. The Kier molecular flexibility index (Phi) is 3.51. The summed E-state index contributed by atoms with van der Waals surface area (Å²) in [6.07, 6.45) is 8.58. The smallest absolute Gasteiger partial charge is 0.408 e. The topological polar surface area (TPSA) is 35.1 Å². The van der Waals surface area contributed by atoms with E-state index in [0.29, 0.717) is 5.76 Å². The van der Waals surface area contributed by atoms with E-state index in [0.717, 1.165) is 12.1 Å². The zero-order valence-corrected chi connectivity index (χ0v) is 8.78. The quantitative estimate of drug-likeness (QED) is 0.634. The number of aromatic nitrogens is 1. The zero-order chi connectivity index (χ0) is 10.6. The highest BCUT2D eigenvalue weighted by Gasteiger charge is 2.09. The van der Waals surface area contributed by atoms with E-state index in [-0.39, 0.29) is 5.76 Å². The van der Waals surface area contributed by atoms with E-state index in [1.165, 1.54) is 4.57 Å². The second kappa shape index (κ2) is 4.65. The zero-order valence-electron chi connectivity index (χ0n) is 8.78. The first-order valence-electron chi connectivity index (χ1n) is 4.82. The Labute approximate surface area is 83.4 Å². The summed E-state index contributed by atoms with van der Waals surface area (Å²) in [5.41, 5.74) is 0.841.